The predicted molar refractivity (Wildman–Crippen MR) is 79.1 cm³/mol. The van der Waals surface area contributed by atoms with Crippen molar-refractivity contribution in [1.29, 1.82) is 0 Å². The molecule has 0 radical (unpaired) electrons. The number of halogens is 3. The van der Waals surface area contributed by atoms with Gasteiger partial charge in [0.15, 0.2) is 0 Å². The van der Waals surface area contributed by atoms with Gasteiger partial charge in [-0.2, -0.15) is 13.2 Å². The highest BCUT2D eigenvalue weighted by molar-refractivity contribution is 6.21. The maximum atomic E-state index is 12.3. The molecule has 0 unspecified atom stereocenters. The maximum Gasteiger partial charge on any atom is 0.406 e. The Bertz CT molecular complexity index is 945. The van der Waals surface area contributed by atoms with E-state index >= 15 is 0 Å². The molecule has 2 amide bonds. The van der Waals surface area contributed by atoms with Crippen LogP contribution in [0.2, 0.25) is 0 Å². The van der Waals surface area contributed by atoms with Crippen LogP contribution in [0.3, 0.4) is 0 Å². The van der Waals surface area contributed by atoms with Crippen LogP contribution in [0.25, 0.3) is 0 Å². The Morgan fingerprint density at radius 2 is 1.58 bits per heavy atom. The van der Waals surface area contributed by atoms with Gasteiger partial charge in [0.2, 0.25) is 0 Å². The molecule has 1 aromatic carbocycles. The molecule has 134 valence electrons. The summed E-state index contributed by atoms with van der Waals surface area (Å²) in [5.74, 6) is -2.94. The third-order valence-corrected chi connectivity index (χ3v) is 3.51. The summed E-state index contributed by atoms with van der Waals surface area (Å²) >= 11 is 0. The largest absolute Gasteiger partial charge is 0.406 e. The Kier molecular flexibility index (Phi) is 4.10. The molecule has 1 aromatic heterocycles. The number of carbonyl (C=O) groups is 3. The van der Waals surface area contributed by atoms with Crippen molar-refractivity contribution in [1.82, 2.24) is 9.63 Å². The van der Waals surface area contributed by atoms with Crippen molar-refractivity contribution >= 4 is 17.8 Å². The molecule has 10 heteroatoms. The number of amides is 2. The van der Waals surface area contributed by atoms with Gasteiger partial charge >= 0.3 is 12.1 Å². The zero-order valence-corrected chi connectivity index (χ0v) is 12.8. The lowest BCUT2D eigenvalue weighted by molar-refractivity contribution is -0.141. The van der Waals surface area contributed by atoms with Gasteiger partial charge < -0.3 is 9.40 Å². The van der Waals surface area contributed by atoms with Gasteiger partial charge in [-0.15, -0.1) is 0 Å². The van der Waals surface area contributed by atoms with E-state index in [0.717, 1.165) is 12.3 Å². The number of imide groups is 1. The first-order chi connectivity index (χ1) is 12.2. The zero-order valence-electron chi connectivity index (χ0n) is 12.8. The van der Waals surface area contributed by atoms with E-state index in [1.54, 1.807) is 0 Å². The lowest BCUT2D eigenvalue weighted by Crippen LogP contribution is -2.33. The number of hydroxylamine groups is 2. The van der Waals surface area contributed by atoms with Gasteiger partial charge in [0.1, 0.15) is 6.54 Å². The molecule has 0 aliphatic carbocycles. The molecule has 1 aliphatic rings. The summed E-state index contributed by atoms with van der Waals surface area (Å²) in [6.45, 7) is -1.51. The highest BCUT2D eigenvalue weighted by Crippen LogP contribution is 2.23. The molecule has 2 aromatic rings. The number of benzene rings is 1. The smallest absolute Gasteiger partial charge is 0.324 e. The molecule has 0 saturated carbocycles. The average molecular weight is 366 g/mol. The molecule has 0 atom stereocenters. The van der Waals surface area contributed by atoms with Crippen molar-refractivity contribution < 1.29 is 32.4 Å². The number of hydrogen-bond donors (Lipinski definition) is 0. The number of nitrogens with zero attached hydrogens (tertiary/aromatic N) is 2. The van der Waals surface area contributed by atoms with E-state index in [0.29, 0.717) is 10.6 Å². The molecule has 0 spiro atoms. The summed E-state index contributed by atoms with van der Waals surface area (Å²) in [7, 11) is 0. The minimum Gasteiger partial charge on any atom is -0.324 e. The molecule has 7 nitrogen and oxygen atoms in total. The molecule has 0 fully saturated rings. The molecule has 26 heavy (non-hydrogen) atoms. The van der Waals surface area contributed by atoms with E-state index < -0.39 is 41.6 Å². The number of alkyl halides is 3. The van der Waals surface area contributed by atoms with Gasteiger partial charge in [0.25, 0.3) is 17.4 Å². The molecule has 0 saturated heterocycles. The average Bonchev–Trinajstić information content (AvgIpc) is 2.81. The Labute approximate surface area is 143 Å². The van der Waals surface area contributed by atoms with Crippen LogP contribution < -0.4 is 5.56 Å². The summed E-state index contributed by atoms with van der Waals surface area (Å²) in [5, 5.41) is 0.244. The highest BCUT2D eigenvalue weighted by atomic mass is 19.4. The van der Waals surface area contributed by atoms with Gasteiger partial charge in [-0.1, -0.05) is 17.2 Å². The number of pyridine rings is 1. The molecule has 0 bridgehead atoms. The maximum absolute atomic E-state index is 12.3. The van der Waals surface area contributed by atoms with E-state index in [2.05, 4.69) is 0 Å². The number of aromatic nitrogens is 1. The first kappa shape index (κ1) is 17.4. The minimum absolute atomic E-state index is 0.0471. The Morgan fingerprint density at radius 3 is 2.08 bits per heavy atom. The minimum atomic E-state index is -4.61. The predicted octanol–water partition coefficient (Wildman–Crippen LogP) is 1.78. The van der Waals surface area contributed by atoms with Gasteiger partial charge in [0, 0.05) is 12.3 Å². The Balaban J connectivity index is 1.79. The summed E-state index contributed by atoms with van der Waals surface area (Å²) < 4.78 is 37.4. The lowest BCUT2D eigenvalue weighted by atomic mass is 10.1. The fourth-order valence-corrected chi connectivity index (χ4v) is 2.34. The Morgan fingerprint density at radius 1 is 1.00 bits per heavy atom. The quantitative estimate of drug-likeness (QED) is 0.773. The van der Waals surface area contributed by atoms with Crippen LogP contribution in [-0.4, -0.2) is 33.6 Å². The molecular formula is C16H9F3N2O5. The van der Waals surface area contributed by atoms with Crippen LogP contribution in [-0.2, 0) is 11.4 Å². The van der Waals surface area contributed by atoms with Gasteiger partial charge in [-0.3, -0.25) is 14.4 Å². The molecule has 0 N–H and O–H groups in total. The van der Waals surface area contributed by atoms with Crippen LogP contribution in [0, 0.1) is 0 Å². The lowest BCUT2D eigenvalue weighted by Gasteiger charge is -2.13. The highest BCUT2D eigenvalue weighted by Gasteiger charge is 2.38. The topological polar surface area (TPSA) is 85.7 Å². The SMILES string of the molecule is O=C(ON1C(=O)c2ccccc2C1=O)c1ccn(CC(F)(F)F)c(=O)c1. The second-order valence-corrected chi connectivity index (χ2v) is 5.33. The van der Waals surface area contributed by atoms with E-state index in [1.807, 2.05) is 0 Å². The summed E-state index contributed by atoms with van der Waals surface area (Å²) in [6, 6.07) is 7.36. The van der Waals surface area contributed by atoms with E-state index in [1.165, 1.54) is 24.3 Å². The molecule has 3 rings (SSSR count). The summed E-state index contributed by atoms with van der Waals surface area (Å²) in [6.07, 6.45) is -3.83. The number of fused-ring (bicyclic) bond motifs is 1. The van der Waals surface area contributed by atoms with E-state index in [4.69, 9.17) is 4.84 Å². The van der Waals surface area contributed by atoms with Gasteiger partial charge in [-0.25, -0.2) is 4.79 Å². The first-order valence-corrected chi connectivity index (χ1v) is 7.15. The number of hydrogen-bond acceptors (Lipinski definition) is 5. The van der Waals surface area contributed by atoms with Crippen molar-refractivity contribution in [3.05, 3.63) is 69.6 Å². The number of rotatable bonds is 3. The van der Waals surface area contributed by atoms with Crippen molar-refractivity contribution in [2.24, 2.45) is 0 Å². The van der Waals surface area contributed by atoms with Crippen molar-refractivity contribution in [2.45, 2.75) is 12.7 Å². The molecular weight excluding hydrogens is 357 g/mol. The van der Waals surface area contributed by atoms with Crippen LogP contribution in [0.5, 0.6) is 0 Å². The van der Waals surface area contributed by atoms with Gasteiger partial charge in [-0.05, 0) is 18.2 Å². The number of carbonyl (C=O) groups excluding carboxylic acids is 3. The molecule has 2 heterocycles. The fourth-order valence-electron chi connectivity index (χ4n) is 2.34. The van der Waals surface area contributed by atoms with E-state index in [-0.39, 0.29) is 16.2 Å². The summed E-state index contributed by atoms with van der Waals surface area (Å²) in [4.78, 5) is 52.6. The second kappa shape index (κ2) is 6.14. The van der Waals surface area contributed by atoms with Crippen molar-refractivity contribution in [3.63, 3.8) is 0 Å². The third-order valence-electron chi connectivity index (χ3n) is 3.51. The van der Waals surface area contributed by atoms with Crippen molar-refractivity contribution in [3.8, 4) is 0 Å². The first-order valence-electron chi connectivity index (χ1n) is 7.15. The van der Waals surface area contributed by atoms with E-state index in [9.17, 15) is 32.3 Å². The van der Waals surface area contributed by atoms with Crippen LogP contribution >= 0.6 is 0 Å². The van der Waals surface area contributed by atoms with Crippen LogP contribution in [0.4, 0.5) is 13.2 Å². The van der Waals surface area contributed by atoms with Crippen LogP contribution in [0.15, 0.2) is 47.4 Å². The van der Waals surface area contributed by atoms with Crippen LogP contribution in [0.1, 0.15) is 31.1 Å². The third kappa shape index (κ3) is 3.21. The van der Waals surface area contributed by atoms with Gasteiger partial charge in [0.05, 0.1) is 16.7 Å². The second-order valence-electron chi connectivity index (χ2n) is 5.33. The summed E-state index contributed by atoms with van der Waals surface area (Å²) in [5.41, 5.74) is -1.39. The standard InChI is InChI=1S/C16H9F3N2O5/c17-16(18,19)8-20-6-5-9(7-12(20)22)15(25)26-21-13(23)10-3-1-2-4-11(10)14(21)24/h1-7H,8H2. The zero-order chi connectivity index (χ0) is 19.1. The Hall–Kier alpha value is -3.43. The molecule has 1 aliphatic heterocycles. The van der Waals surface area contributed by atoms with Crippen molar-refractivity contribution in [2.75, 3.05) is 0 Å². The fraction of sp³-hybridized carbons (Fsp3) is 0.125. The monoisotopic (exact) mass is 366 g/mol. The normalized spacial score (nSPS) is 13.7.